The molecule has 0 N–H and O–H groups in total. The molecule has 1 atom stereocenters. The number of carbonyl (C=O) groups excluding carboxylic acids is 1. The van der Waals surface area contributed by atoms with Crippen molar-refractivity contribution in [2.45, 2.75) is 72.9 Å². The van der Waals surface area contributed by atoms with Gasteiger partial charge in [0.15, 0.2) is 0 Å². The zero-order valence-corrected chi connectivity index (χ0v) is 19.3. The fourth-order valence-electron chi connectivity index (χ4n) is 3.48. The summed E-state index contributed by atoms with van der Waals surface area (Å²) >= 11 is 0. The van der Waals surface area contributed by atoms with Crippen LogP contribution in [0.25, 0.3) is 0 Å². The Hall–Kier alpha value is -1.76. The summed E-state index contributed by atoms with van der Waals surface area (Å²) in [5, 5.41) is 0. The van der Waals surface area contributed by atoms with E-state index >= 15 is 0 Å². The normalized spacial score (nSPS) is 15.5. The lowest BCUT2D eigenvalue weighted by Gasteiger charge is -2.35. The molecule has 7 heteroatoms. The van der Waals surface area contributed by atoms with E-state index < -0.39 is 10.1 Å². The molecule has 0 saturated heterocycles. The van der Waals surface area contributed by atoms with Gasteiger partial charge in [-0.25, -0.2) is 0 Å². The van der Waals surface area contributed by atoms with Crippen LogP contribution in [0.5, 0.6) is 5.75 Å². The summed E-state index contributed by atoms with van der Waals surface area (Å²) in [6, 6.07) is 5.76. The van der Waals surface area contributed by atoms with Crippen molar-refractivity contribution in [2.75, 3.05) is 23.7 Å². The Morgan fingerprint density at radius 3 is 2.31 bits per heavy atom. The smallest absolute Gasteiger partial charge is 0.308 e. The van der Waals surface area contributed by atoms with Crippen LogP contribution in [0.2, 0.25) is 0 Å². The summed E-state index contributed by atoms with van der Waals surface area (Å²) in [5.41, 5.74) is 1.64. The lowest BCUT2D eigenvalue weighted by molar-refractivity contribution is -0.141. The minimum absolute atomic E-state index is 0.0844. The van der Waals surface area contributed by atoms with Crippen LogP contribution in [-0.4, -0.2) is 44.1 Å². The van der Waals surface area contributed by atoms with Crippen molar-refractivity contribution in [3.8, 4) is 5.75 Å². The first-order chi connectivity index (χ1) is 13.8. The molecule has 0 bridgehead atoms. The maximum Gasteiger partial charge on any atom is 0.308 e. The van der Waals surface area contributed by atoms with Crippen molar-refractivity contribution >= 4 is 21.7 Å². The summed E-state index contributed by atoms with van der Waals surface area (Å²) in [6.45, 7) is 11.8. The summed E-state index contributed by atoms with van der Waals surface area (Å²) < 4.78 is 29.9. The molecule has 1 aromatic carbocycles. The third-order valence-electron chi connectivity index (χ3n) is 5.95. The predicted octanol–water partition coefficient (Wildman–Crippen LogP) is 4.19. The van der Waals surface area contributed by atoms with Crippen LogP contribution in [0, 0.1) is 5.92 Å². The number of hydrogen-bond donors (Lipinski definition) is 0. The van der Waals surface area contributed by atoms with Gasteiger partial charge in [0, 0.05) is 48.9 Å². The molecule has 1 amide bonds. The van der Waals surface area contributed by atoms with Gasteiger partial charge in [-0.05, 0) is 53.0 Å². The number of amides is 1. The molecule has 1 aliphatic rings. The minimum atomic E-state index is -3.66. The molecular weight excluding hydrogens is 388 g/mol. The molecule has 0 aliphatic heterocycles. The zero-order valence-electron chi connectivity index (χ0n) is 18.5. The number of anilines is 1. The fourth-order valence-corrected chi connectivity index (χ4v) is 4.02. The van der Waals surface area contributed by atoms with Gasteiger partial charge < -0.3 is 14.0 Å². The Morgan fingerprint density at radius 2 is 1.83 bits per heavy atom. The maximum atomic E-state index is 13.0. The Labute approximate surface area is 176 Å². The van der Waals surface area contributed by atoms with Crippen LogP contribution in [0.1, 0.15) is 65.9 Å². The Kier molecular flexibility index (Phi) is 8.37. The SMILES string of the molecule is CC[C@H](C)N(Cc1ccc(N(CC)CC)cc1OS(=O)(=O)CC)C(=O)C1CCC1. The highest BCUT2D eigenvalue weighted by molar-refractivity contribution is 7.87. The van der Waals surface area contributed by atoms with E-state index in [2.05, 4.69) is 25.7 Å². The molecule has 29 heavy (non-hydrogen) atoms. The van der Waals surface area contributed by atoms with E-state index in [1.54, 1.807) is 13.0 Å². The lowest BCUT2D eigenvalue weighted by Crippen LogP contribution is -2.43. The number of nitrogens with zero attached hydrogens (tertiary/aromatic N) is 2. The largest absolute Gasteiger partial charge is 0.382 e. The molecule has 0 unspecified atom stereocenters. The molecule has 1 fully saturated rings. The summed E-state index contributed by atoms with van der Waals surface area (Å²) in [5.74, 6) is 0.495. The van der Waals surface area contributed by atoms with Crippen molar-refractivity contribution < 1.29 is 17.4 Å². The van der Waals surface area contributed by atoms with Crippen molar-refractivity contribution in [2.24, 2.45) is 5.92 Å². The van der Waals surface area contributed by atoms with Crippen LogP contribution in [-0.2, 0) is 21.5 Å². The first-order valence-corrected chi connectivity index (χ1v) is 12.4. The van der Waals surface area contributed by atoms with Gasteiger partial charge in [0.25, 0.3) is 0 Å². The number of rotatable bonds is 11. The molecule has 6 nitrogen and oxygen atoms in total. The highest BCUT2D eigenvalue weighted by Gasteiger charge is 2.32. The second-order valence-corrected chi connectivity index (χ2v) is 9.60. The second kappa shape index (κ2) is 10.3. The van der Waals surface area contributed by atoms with E-state index in [4.69, 9.17) is 4.18 Å². The minimum Gasteiger partial charge on any atom is -0.382 e. The molecule has 0 aromatic heterocycles. The average molecular weight is 425 g/mol. The van der Waals surface area contributed by atoms with Gasteiger partial charge in [-0.2, -0.15) is 8.42 Å². The second-order valence-electron chi connectivity index (χ2n) is 7.75. The zero-order chi connectivity index (χ0) is 21.6. The Bertz CT molecular complexity index is 786. The van der Waals surface area contributed by atoms with E-state index in [1.165, 1.54) is 0 Å². The van der Waals surface area contributed by atoms with Gasteiger partial charge in [0.05, 0.1) is 5.75 Å². The summed E-state index contributed by atoms with van der Waals surface area (Å²) in [7, 11) is -3.66. The number of hydrogen-bond acceptors (Lipinski definition) is 5. The Morgan fingerprint density at radius 1 is 1.17 bits per heavy atom. The van der Waals surface area contributed by atoms with Crippen LogP contribution >= 0.6 is 0 Å². The van der Waals surface area contributed by atoms with E-state index in [9.17, 15) is 13.2 Å². The van der Waals surface area contributed by atoms with Gasteiger partial charge in [-0.3, -0.25) is 4.79 Å². The third-order valence-corrected chi connectivity index (χ3v) is 7.09. The first-order valence-electron chi connectivity index (χ1n) is 10.9. The standard InChI is InChI=1S/C22H36N2O4S/c1-6-17(5)24(22(25)18-11-10-12-18)16-19-13-14-20(23(7-2)8-3)15-21(19)28-29(26,27)9-4/h13-15,17-18H,6-12,16H2,1-5H3/t17-/m0/s1. The van der Waals surface area contributed by atoms with Crippen molar-refractivity contribution in [3.63, 3.8) is 0 Å². The quantitative estimate of drug-likeness (QED) is 0.498. The van der Waals surface area contributed by atoms with E-state index in [0.717, 1.165) is 50.0 Å². The maximum absolute atomic E-state index is 13.0. The first kappa shape index (κ1) is 23.5. The third kappa shape index (κ3) is 5.87. The van der Waals surface area contributed by atoms with E-state index in [0.29, 0.717) is 12.3 Å². The lowest BCUT2D eigenvalue weighted by atomic mass is 9.84. The molecule has 0 spiro atoms. The summed E-state index contributed by atoms with van der Waals surface area (Å²) in [6.07, 6.45) is 3.84. The molecule has 1 aromatic rings. The average Bonchev–Trinajstić information content (AvgIpc) is 2.66. The van der Waals surface area contributed by atoms with Crippen LogP contribution in [0.3, 0.4) is 0 Å². The predicted molar refractivity (Wildman–Crippen MR) is 118 cm³/mol. The van der Waals surface area contributed by atoms with E-state index in [-0.39, 0.29) is 23.6 Å². The van der Waals surface area contributed by atoms with Gasteiger partial charge in [0.1, 0.15) is 5.75 Å². The summed E-state index contributed by atoms with van der Waals surface area (Å²) in [4.78, 5) is 17.0. The van der Waals surface area contributed by atoms with Crippen molar-refractivity contribution in [1.82, 2.24) is 4.90 Å². The molecule has 0 radical (unpaired) electrons. The van der Waals surface area contributed by atoms with E-state index in [1.807, 2.05) is 24.0 Å². The van der Waals surface area contributed by atoms with Crippen LogP contribution < -0.4 is 9.08 Å². The molecule has 0 heterocycles. The van der Waals surface area contributed by atoms with Crippen LogP contribution in [0.4, 0.5) is 5.69 Å². The van der Waals surface area contributed by atoms with Gasteiger partial charge >= 0.3 is 10.1 Å². The van der Waals surface area contributed by atoms with Crippen molar-refractivity contribution in [3.05, 3.63) is 23.8 Å². The highest BCUT2D eigenvalue weighted by Crippen LogP contribution is 2.33. The van der Waals surface area contributed by atoms with Gasteiger partial charge in [0.2, 0.25) is 5.91 Å². The monoisotopic (exact) mass is 424 g/mol. The molecule has 2 rings (SSSR count). The highest BCUT2D eigenvalue weighted by atomic mass is 32.2. The van der Waals surface area contributed by atoms with Crippen molar-refractivity contribution in [1.29, 1.82) is 0 Å². The molecular formula is C22H36N2O4S. The topological polar surface area (TPSA) is 66.9 Å². The number of benzene rings is 1. The molecule has 164 valence electrons. The number of carbonyl (C=O) groups is 1. The molecule has 1 saturated carbocycles. The Balaban J connectivity index is 2.40. The molecule has 1 aliphatic carbocycles. The fraction of sp³-hybridized carbons (Fsp3) is 0.682. The van der Waals surface area contributed by atoms with Crippen LogP contribution in [0.15, 0.2) is 18.2 Å². The van der Waals surface area contributed by atoms with Gasteiger partial charge in [-0.1, -0.05) is 19.4 Å². The van der Waals surface area contributed by atoms with Gasteiger partial charge in [-0.15, -0.1) is 0 Å².